The van der Waals surface area contributed by atoms with E-state index < -0.39 is 5.25 Å². The lowest BCUT2D eigenvalue weighted by Gasteiger charge is -2.19. The number of halogens is 1. The van der Waals surface area contributed by atoms with Gasteiger partial charge in [0, 0.05) is 23.2 Å². The minimum atomic E-state index is -0.406. The zero-order chi connectivity index (χ0) is 20.8. The summed E-state index contributed by atoms with van der Waals surface area (Å²) in [5, 5.41) is 12.9. The Morgan fingerprint density at radius 2 is 1.79 bits per heavy atom. The maximum absolute atomic E-state index is 12.9. The second-order valence-corrected chi connectivity index (χ2v) is 8.55. The van der Waals surface area contributed by atoms with Crippen LogP contribution in [-0.4, -0.2) is 26.7 Å². The van der Waals surface area contributed by atoms with Crippen molar-refractivity contribution in [2.75, 3.05) is 0 Å². The van der Waals surface area contributed by atoms with Gasteiger partial charge in [0.25, 0.3) is 0 Å². The first kappa shape index (κ1) is 21.4. The van der Waals surface area contributed by atoms with Crippen LogP contribution >= 0.6 is 23.4 Å². The molecule has 1 amide bonds. The normalized spacial score (nSPS) is 12.2. The fraction of sp³-hybridized carbons (Fsp3) is 0.318. The summed E-state index contributed by atoms with van der Waals surface area (Å²) in [6, 6.07) is 17.4. The summed E-state index contributed by atoms with van der Waals surface area (Å²) >= 11 is 7.46. The number of nitrogens with one attached hydrogen (secondary N) is 1. The van der Waals surface area contributed by atoms with Crippen molar-refractivity contribution in [1.29, 1.82) is 0 Å². The van der Waals surface area contributed by atoms with Gasteiger partial charge in [-0.2, -0.15) is 0 Å². The van der Waals surface area contributed by atoms with Crippen LogP contribution in [0.5, 0.6) is 0 Å². The molecule has 7 heteroatoms. The van der Waals surface area contributed by atoms with Gasteiger partial charge in [-0.1, -0.05) is 60.6 Å². The summed E-state index contributed by atoms with van der Waals surface area (Å²) in [7, 11) is 0. The van der Waals surface area contributed by atoms with Gasteiger partial charge in [0.05, 0.1) is 0 Å². The van der Waals surface area contributed by atoms with Gasteiger partial charge >= 0.3 is 0 Å². The van der Waals surface area contributed by atoms with E-state index >= 15 is 0 Å². The van der Waals surface area contributed by atoms with E-state index in [4.69, 9.17) is 11.6 Å². The summed E-state index contributed by atoms with van der Waals surface area (Å²) in [5.74, 6) is 0.748. The lowest BCUT2D eigenvalue weighted by Crippen LogP contribution is -2.33. The highest BCUT2D eigenvalue weighted by Crippen LogP contribution is 2.36. The Balaban J connectivity index is 1.97. The summed E-state index contributed by atoms with van der Waals surface area (Å²) < 4.78 is 2.08. The van der Waals surface area contributed by atoms with E-state index in [1.165, 1.54) is 11.8 Å². The van der Waals surface area contributed by atoms with Crippen LogP contribution in [0.25, 0.3) is 11.4 Å². The van der Waals surface area contributed by atoms with Crippen molar-refractivity contribution < 1.29 is 4.79 Å². The maximum Gasteiger partial charge on any atom is 0.238 e. The fourth-order valence-electron chi connectivity index (χ4n) is 2.98. The van der Waals surface area contributed by atoms with Gasteiger partial charge in [-0.05, 0) is 50.1 Å². The SMILES string of the molecule is CCCn1c(SC(C(=O)NC(C)C)c2ccccc2)nnc1-c1ccc(Cl)cc1. The predicted molar refractivity (Wildman–Crippen MR) is 119 cm³/mol. The molecule has 3 rings (SSSR count). The first-order valence-corrected chi connectivity index (χ1v) is 11.0. The number of amides is 1. The summed E-state index contributed by atoms with van der Waals surface area (Å²) in [5.41, 5.74) is 1.89. The average molecular weight is 429 g/mol. The topological polar surface area (TPSA) is 59.8 Å². The van der Waals surface area contributed by atoms with Gasteiger partial charge in [-0.15, -0.1) is 10.2 Å². The van der Waals surface area contributed by atoms with Crippen LogP contribution in [0.4, 0.5) is 0 Å². The van der Waals surface area contributed by atoms with Crippen LogP contribution in [0.15, 0.2) is 59.8 Å². The molecule has 5 nitrogen and oxygen atoms in total. The zero-order valence-corrected chi connectivity index (χ0v) is 18.4. The number of benzene rings is 2. The minimum Gasteiger partial charge on any atom is -0.353 e. The van der Waals surface area contributed by atoms with Crippen molar-refractivity contribution in [3.63, 3.8) is 0 Å². The van der Waals surface area contributed by atoms with Gasteiger partial charge < -0.3 is 9.88 Å². The van der Waals surface area contributed by atoms with E-state index in [0.29, 0.717) is 5.02 Å². The molecule has 0 aliphatic carbocycles. The first-order valence-electron chi connectivity index (χ1n) is 9.70. The smallest absolute Gasteiger partial charge is 0.238 e. The van der Waals surface area contributed by atoms with Crippen LogP contribution < -0.4 is 5.32 Å². The van der Waals surface area contributed by atoms with Crippen LogP contribution in [0.3, 0.4) is 0 Å². The Bertz CT molecular complexity index is 941. The third-order valence-corrected chi connectivity index (χ3v) is 5.75. The van der Waals surface area contributed by atoms with Crippen molar-refractivity contribution in [3.05, 3.63) is 65.2 Å². The Morgan fingerprint density at radius 1 is 1.10 bits per heavy atom. The van der Waals surface area contributed by atoms with E-state index in [1.807, 2.05) is 68.4 Å². The van der Waals surface area contributed by atoms with E-state index in [-0.39, 0.29) is 11.9 Å². The number of hydrogen-bond acceptors (Lipinski definition) is 4. The molecule has 2 aromatic carbocycles. The van der Waals surface area contributed by atoms with E-state index in [1.54, 1.807) is 0 Å². The van der Waals surface area contributed by atoms with Crippen molar-refractivity contribution in [2.45, 2.75) is 50.2 Å². The zero-order valence-electron chi connectivity index (χ0n) is 16.8. The molecule has 0 radical (unpaired) electrons. The Morgan fingerprint density at radius 3 is 2.41 bits per heavy atom. The lowest BCUT2D eigenvalue weighted by molar-refractivity contribution is -0.121. The van der Waals surface area contributed by atoms with Gasteiger partial charge in [0.1, 0.15) is 5.25 Å². The molecule has 1 N–H and O–H groups in total. The molecule has 1 unspecified atom stereocenters. The molecule has 1 atom stereocenters. The Kier molecular flexibility index (Phi) is 7.34. The lowest BCUT2D eigenvalue weighted by atomic mass is 10.1. The summed E-state index contributed by atoms with van der Waals surface area (Å²) in [6.45, 7) is 6.80. The predicted octanol–water partition coefficient (Wildman–Crippen LogP) is 5.37. The van der Waals surface area contributed by atoms with Crippen LogP contribution in [-0.2, 0) is 11.3 Å². The van der Waals surface area contributed by atoms with E-state index in [2.05, 4.69) is 27.0 Å². The Labute approximate surface area is 180 Å². The van der Waals surface area contributed by atoms with Gasteiger partial charge in [-0.25, -0.2) is 0 Å². The van der Waals surface area contributed by atoms with Crippen molar-refractivity contribution in [1.82, 2.24) is 20.1 Å². The second kappa shape index (κ2) is 9.94. The first-order chi connectivity index (χ1) is 14.0. The summed E-state index contributed by atoms with van der Waals surface area (Å²) in [4.78, 5) is 12.9. The molecular formula is C22H25ClN4OS. The number of nitrogens with zero attached hydrogens (tertiary/aromatic N) is 3. The quantitative estimate of drug-likeness (QED) is 0.490. The molecule has 0 bridgehead atoms. The molecule has 1 heterocycles. The average Bonchev–Trinajstić information content (AvgIpc) is 3.09. The third-order valence-electron chi connectivity index (χ3n) is 4.26. The van der Waals surface area contributed by atoms with Crippen molar-refractivity contribution in [3.8, 4) is 11.4 Å². The van der Waals surface area contributed by atoms with E-state index in [9.17, 15) is 4.79 Å². The molecule has 0 spiro atoms. The Hall–Kier alpha value is -2.31. The molecule has 152 valence electrons. The number of carbonyl (C=O) groups excluding carboxylic acids is 1. The maximum atomic E-state index is 12.9. The number of carbonyl (C=O) groups is 1. The largest absolute Gasteiger partial charge is 0.353 e. The van der Waals surface area contributed by atoms with Gasteiger partial charge in [-0.3, -0.25) is 4.79 Å². The number of hydrogen-bond donors (Lipinski definition) is 1. The highest BCUT2D eigenvalue weighted by atomic mass is 35.5. The molecular weight excluding hydrogens is 404 g/mol. The molecule has 0 aliphatic heterocycles. The monoisotopic (exact) mass is 428 g/mol. The van der Waals surface area contributed by atoms with Gasteiger partial charge in [0.15, 0.2) is 11.0 Å². The molecule has 0 fully saturated rings. The minimum absolute atomic E-state index is 0.0321. The molecule has 0 aliphatic rings. The number of aromatic nitrogens is 3. The second-order valence-electron chi connectivity index (χ2n) is 7.04. The fourth-order valence-corrected chi connectivity index (χ4v) is 4.18. The highest BCUT2D eigenvalue weighted by molar-refractivity contribution is 8.00. The molecule has 3 aromatic rings. The standard InChI is InChI=1S/C22H25ClN4OS/c1-4-14-27-20(17-10-12-18(23)13-11-17)25-26-22(27)29-19(21(28)24-15(2)3)16-8-6-5-7-9-16/h5-13,15,19H,4,14H2,1-3H3,(H,24,28). The molecule has 0 saturated heterocycles. The molecule has 0 saturated carbocycles. The highest BCUT2D eigenvalue weighted by Gasteiger charge is 2.26. The van der Waals surface area contributed by atoms with Crippen LogP contribution in [0.1, 0.15) is 38.0 Å². The summed E-state index contributed by atoms with van der Waals surface area (Å²) in [6.07, 6.45) is 0.931. The molecule has 29 heavy (non-hydrogen) atoms. The number of rotatable bonds is 8. The molecule has 1 aromatic heterocycles. The van der Waals surface area contributed by atoms with Crippen LogP contribution in [0, 0.1) is 0 Å². The third kappa shape index (κ3) is 5.40. The van der Waals surface area contributed by atoms with Crippen molar-refractivity contribution in [2.24, 2.45) is 0 Å². The number of thioether (sulfide) groups is 1. The van der Waals surface area contributed by atoms with Gasteiger partial charge in [0.2, 0.25) is 5.91 Å². The van der Waals surface area contributed by atoms with E-state index in [0.717, 1.165) is 35.1 Å². The van der Waals surface area contributed by atoms with Crippen LogP contribution in [0.2, 0.25) is 5.02 Å². The van der Waals surface area contributed by atoms with Crippen molar-refractivity contribution >= 4 is 29.3 Å².